The van der Waals surface area contributed by atoms with Gasteiger partial charge in [0, 0.05) is 0 Å². The van der Waals surface area contributed by atoms with E-state index in [0.29, 0.717) is 9.23 Å². The van der Waals surface area contributed by atoms with Crippen LogP contribution in [0, 0.1) is 0 Å². The first kappa shape index (κ1) is 18.9. The topological polar surface area (TPSA) is 78.9 Å². The van der Waals surface area contributed by atoms with Gasteiger partial charge in [-0.3, -0.25) is 14.5 Å². The predicted octanol–water partition coefficient (Wildman–Crippen LogP) is 3.24. The number of hydrogen-bond acceptors (Lipinski definition) is 6. The number of carbonyl (C=O) groups excluding carboxylic acids is 2. The number of carbonyl (C=O) groups is 2. The van der Waals surface area contributed by atoms with Gasteiger partial charge in [-0.15, -0.1) is 0 Å². The number of thioether (sulfide) groups is 1. The average Bonchev–Trinajstić information content (AvgIpc) is 2.91. The maximum absolute atomic E-state index is 12.6. The summed E-state index contributed by atoms with van der Waals surface area (Å²) < 4.78 is 5.42. The van der Waals surface area contributed by atoms with E-state index in [1.54, 1.807) is 43.5 Å². The van der Waals surface area contributed by atoms with E-state index in [4.69, 9.17) is 17.0 Å². The molecule has 1 aliphatic heterocycles. The largest absolute Gasteiger partial charge is 0.506 e. The van der Waals surface area contributed by atoms with E-state index in [2.05, 4.69) is 5.32 Å². The molecule has 2 aromatic rings. The smallest absolute Gasteiger partial charge is 0.266 e. The Morgan fingerprint density at radius 2 is 1.96 bits per heavy atom. The van der Waals surface area contributed by atoms with Crippen LogP contribution in [0.15, 0.2) is 53.4 Å². The Hall–Kier alpha value is -2.84. The quantitative estimate of drug-likeness (QED) is 0.456. The molecule has 3 rings (SSSR count). The van der Waals surface area contributed by atoms with Gasteiger partial charge in [-0.1, -0.05) is 48.2 Å². The van der Waals surface area contributed by atoms with Crippen LogP contribution in [0.1, 0.15) is 5.56 Å². The maximum atomic E-state index is 12.6. The fourth-order valence-electron chi connectivity index (χ4n) is 2.40. The third kappa shape index (κ3) is 4.47. The summed E-state index contributed by atoms with van der Waals surface area (Å²) >= 11 is 6.38. The van der Waals surface area contributed by atoms with Crippen LogP contribution in [0.3, 0.4) is 0 Å². The van der Waals surface area contributed by atoms with Gasteiger partial charge in [-0.2, -0.15) is 0 Å². The molecule has 138 valence electrons. The Kier molecular flexibility index (Phi) is 5.78. The molecule has 0 aliphatic carbocycles. The standard InChI is InChI=1S/C19H16N2O4S2/c1-25-13-8-6-12(7-9-13)10-16-18(24)21(19(26)27-16)11-17(23)20-14-4-2-3-5-15(14)22/h2-10,22H,11H2,1H3,(H,20,23)/b16-10+. The Morgan fingerprint density at radius 1 is 1.26 bits per heavy atom. The number of hydrogen-bond donors (Lipinski definition) is 2. The minimum atomic E-state index is -0.446. The summed E-state index contributed by atoms with van der Waals surface area (Å²) in [4.78, 5) is 26.5. The normalized spacial score (nSPS) is 15.3. The Morgan fingerprint density at radius 3 is 2.63 bits per heavy atom. The molecular weight excluding hydrogens is 384 g/mol. The Labute approximate surface area is 165 Å². The van der Waals surface area contributed by atoms with Gasteiger partial charge in [0.15, 0.2) is 0 Å². The number of anilines is 1. The molecule has 8 heteroatoms. The zero-order valence-electron chi connectivity index (χ0n) is 14.3. The number of phenols is 1. The second-order valence-corrected chi connectivity index (χ2v) is 7.28. The molecule has 0 bridgehead atoms. The van der Waals surface area contributed by atoms with E-state index in [9.17, 15) is 14.7 Å². The monoisotopic (exact) mass is 400 g/mol. The van der Waals surface area contributed by atoms with E-state index < -0.39 is 5.91 Å². The van der Waals surface area contributed by atoms with Crippen molar-refractivity contribution in [1.82, 2.24) is 4.90 Å². The first-order chi connectivity index (χ1) is 13.0. The molecule has 2 aromatic carbocycles. The lowest BCUT2D eigenvalue weighted by molar-refractivity contribution is -0.126. The number of ether oxygens (including phenoxy) is 1. The molecule has 0 unspecified atom stereocenters. The van der Waals surface area contributed by atoms with Crippen molar-refractivity contribution in [3.63, 3.8) is 0 Å². The highest BCUT2D eigenvalue weighted by molar-refractivity contribution is 8.26. The molecule has 2 amide bonds. The van der Waals surface area contributed by atoms with Gasteiger partial charge in [0.2, 0.25) is 5.91 Å². The van der Waals surface area contributed by atoms with Crippen LogP contribution in [0.2, 0.25) is 0 Å². The van der Waals surface area contributed by atoms with Crippen molar-refractivity contribution < 1.29 is 19.4 Å². The summed E-state index contributed by atoms with van der Waals surface area (Å²) in [6.45, 7) is -0.223. The summed E-state index contributed by atoms with van der Waals surface area (Å²) in [5, 5.41) is 12.3. The van der Waals surface area contributed by atoms with Crippen LogP contribution in [0.5, 0.6) is 11.5 Å². The molecule has 0 atom stereocenters. The molecule has 1 fully saturated rings. The lowest BCUT2D eigenvalue weighted by Gasteiger charge is -2.14. The number of nitrogens with one attached hydrogen (secondary N) is 1. The number of nitrogens with zero attached hydrogens (tertiary/aromatic N) is 1. The van der Waals surface area contributed by atoms with Crippen LogP contribution >= 0.6 is 24.0 Å². The summed E-state index contributed by atoms with van der Waals surface area (Å²) in [5.41, 5.74) is 1.11. The Bertz CT molecular complexity index is 926. The molecule has 0 aromatic heterocycles. The van der Waals surface area contributed by atoms with E-state index >= 15 is 0 Å². The molecule has 27 heavy (non-hydrogen) atoms. The van der Waals surface area contributed by atoms with Gasteiger partial charge >= 0.3 is 0 Å². The van der Waals surface area contributed by atoms with Crippen molar-refractivity contribution in [1.29, 1.82) is 0 Å². The first-order valence-electron chi connectivity index (χ1n) is 7.95. The number of thiocarbonyl (C=S) groups is 1. The molecule has 6 nitrogen and oxygen atoms in total. The molecule has 0 radical (unpaired) electrons. The number of aromatic hydroxyl groups is 1. The Balaban J connectivity index is 1.69. The predicted molar refractivity (Wildman–Crippen MR) is 110 cm³/mol. The van der Waals surface area contributed by atoms with Crippen LogP contribution < -0.4 is 10.1 Å². The summed E-state index contributed by atoms with van der Waals surface area (Å²) in [6.07, 6.45) is 1.72. The molecule has 1 saturated heterocycles. The van der Waals surface area contributed by atoms with Gasteiger partial charge in [-0.25, -0.2) is 0 Å². The van der Waals surface area contributed by atoms with Gasteiger partial charge in [-0.05, 0) is 35.9 Å². The van der Waals surface area contributed by atoms with Crippen molar-refractivity contribution in [2.75, 3.05) is 19.0 Å². The molecule has 1 aliphatic rings. The van der Waals surface area contributed by atoms with Crippen LogP contribution in [0.25, 0.3) is 6.08 Å². The van der Waals surface area contributed by atoms with E-state index in [1.807, 2.05) is 12.1 Å². The highest BCUT2D eigenvalue weighted by Crippen LogP contribution is 2.32. The van der Waals surface area contributed by atoms with Crippen LogP contribution in [0.4, 0.5) is 5.69 Å². The SMILES string of the molecule is COc1ccc(/C=C2/SC(=S)N(CC(=O)Nc3ccccc3O)C2=O)cc1. The van der Waals surface area contributed by atoms with Crippen molar-refractivity contribution in [2.45, 2.75) is 0 Å². The highest BCUT2D eigenvalue weighted by Gasteiger charge is 2.33. The van der Waals surface area contributed by atoms with Gasteiger partial charge < -0.3 is 15.2 Å². The van der Waals surface area contributed by atoms with Gasteiger partial charge in [0.25, 0.3) is 5.91 Å². The zero-order chi connectivity index (χ0) is 19.4. The molecule has 0 saturated carbocycles. The maximum Gasteiger partial charge on any atom is 0.266 e. The number of rotatable bonds is 5. The molecular formula is C19H16N2O4S2. The second-order valence-electron chi connectivity index (χ2n) is 5.61. The summed E-state index contributed by atoms with van der Waals surface area (Å²) in [5.74, 6) is -0.0945. The molecule has 2 N–H and O–H groups in total. The fraction of sp³-hybridized carbons (Fsp3) is 0.105. The third-order valence-electron chi connectivity index (χ3n) is 3.77. The van der Waals surface area contributed by atoms with Crippen molar-refractivity contribution in [2.24, 2.45) is 0 Å². The summed E-state index contributed by atoms with van der Waals surface area (Å²) in [7, 11) is 1.58. The van der Waals surface area contributed by atoms with Gasteiger partial charge in [0.1, 0.15) is 22.4 Å². The minimum absolute atomic E-state index is 0.0457. The minimum Gasteiger partial charge on any atom is -0.506 e. The van der Waals surface area contributed by atoms with Crippen molar-refractivity contribution in [3.05, 3.63) is 59.0 Å². The number of benzene rings is 2. The van der Waals surface area contributed by atoms with Crippen molar-refractivity contribution in [3.8, 4) is 11.5 Å². The lowest BCUT2D eigenvalue weighted by Crippen LogP contribution is -2.36. The van der Waals surface area contributed by atoms with Crippen LogP contribution in [-0.4, -0.2) is 39.8 Å². The first-order valence-corrected chi connectivity index (χ1v) is 9.17. The third-order valence-corrected chi connectivity index (χ3v) is 5.14. The number of phenolic OH excluding ortho intramolecular Hbond substituents is 1. The van der Waals surface area contributed by atoms with E-state index in [0.717, 1.165) is 23.1 Å². The van der Waals surface area contributed by atoms with Gasteiger partial charge in [0.05, 0.1) is 17.7 Å². The zero-order valence-corrected chi connectivity index (χ0v) is 16.0. The summed E-state index contributed by atoms with van der Waals surface area (Å²) in [6, 6.07) is 13.6. The van der Waals surface area contributed by atoms with E-state index in [-0.39, 0.29) is 23.9 Å². The molecule has 1 heterocycles. The average molecular weight is 400 g/mol. The van der Waals surface area contributed by atoms with E-state index in [1.165, 1.54) is 11.0 Å². The van der Waals surface area contributed by atoms with Crippen LogP contribution in [-0.2, 0) is 9.59 Å². The number of para-hydroxylation sites is 2. The van der Waals surface area contributed by atoms with Crippen molar-refractivity contribution >= 4 is 51.9 Å². The fourth-order valence-corrected chi connectivity index (χ4v) is 3.66. The number of methoxy groups -OCH3 is 1. The highest BCUT2D eigenvalue weighted by atomic mass is 32.2. The second kappa shape index (κ2) is 8.24. The lowest BCUT2D eigenvalue weighted by atomic mass is 10.2. The molecule has 0 spiro atoms. The number of amides is 2.